The Balaban J connectivity index is 1.31. The summed E-state index contributed by atoms with van der Waals surface area (Å²) in [5.41, 5.74) is 7.07. The molecule has 0 fully saturated rings. The standard InChI is InChI=1S/C26H23N3O2/c1-16-19(26(30)29-13-3-2-4-24(29)28-16)9-6-17-5-7-18-8-10-20-22-15-27-12-11-23(22)31-25(20)21(18)14-17/h2-4,8,10-13,15,17H,5-7,9,14H2,1H3. The van der Waals surface area contributed by atoms with Gasteiger partial charge in [0.2, 0.25) is 0 Å². The van der Waals surface area contributed by atoms with Gasteiger partial charge < -0.3 is 4.42 Å². The van der Waals surface area contributed by atoms with Gasteiger partial charge in [-0.2, -0.15) is 0 Å². The average Bonchev–Trinajstić information content (AvgIpc) is 3.18. The molecule has 0 spiro atoms. The molecule has 154 valence electrons. The Labute approximate surface area is 179 Å². The van der Waals surface area contributed by atoms with Crippen LogP contribution in [-0.4, -0.2) is 14.4 Å². The summed E-state index contributed by atoms with van der Waals surface area (Å²) in [5.74, 6) is 0.528. The van der Waals surface area contributed by atoms with Crippen molar-refractivity contribution in [1.82, 2.24) is 14.4 Å². The minimum Gasteiger partial charge on any atom is -0.456 e. The number of fused-ring (bicyclic) bond motifs is 6. The highest BCUT2D eigenvalue weighted by atomic mass is 16.3. The van der Waals surface area contributed by atoms with Gasteiger partial charge >= 0.3 is 0 Å². The van der Waals surface area contributed by atoms with Gasteiger partial charge in [0.1, 0.15) is 16.8 Å². The van der Waals surface area contributed by atoms with Crippen molar-refractivity contribution >= 4 is 27.6 Å². The van der Waals surface area contributed by atoms with E-state index in [1.54, 1.807) is 16.8 Å². The lowest BCUT2D eigenvalue weighted by atomic mass is 9.80. The molecule has 0 radical (unpaired) electrons. The van der Waals surface area contributed by atoms with Crippen molar-refractivity contribution in [2.24, 2.45) is 5.92 Å². The molecule has 0 amide bonds. The third-order valence-electron chi connectivity index (χ3n) is 6.79. The normalized spacial score (nSPS) is 16.2. The Kier molecular flexibility index (Phi) is 4.16. The molecule has 0 aliphatic heterocycles. The van der Waals surface area contributed by atoms with Gasteiger partial charge in [0.15, 0.2) is 0 Å². The number of furan rings is 1. The monoisotopic (exact) mass is 409 g/mol. The van der Waals surface area contributed by atoms with Crippen LogP contribution in [0.5, 0.6) is 0 Å². The van der Waals surface area contributed by atoms with E-state index in [0.29, 0.717) is 11.6 Å². The van der Waals surface area contributed by atoms with Gasteiger partial charge in [-0.1, -0.05) is 18.2 Å². The molecular formula is C26H23N3O2. The molecule has 1 atom stereocenters. The minimum absolute atomic E-state index is 0.0616. The molecule has 31 heavy (non-hydrogen) atoms. The van der Waals surface area contributed by atoms with E-state index >= 15 is 0 Å². The number of nitrogens with zero attached hydrogens (tertiary/aromatic N) is 3. The Morgan fingerprint density at radius 1 is 1.16 bits per heavy atom. The molecule has 4 heterocycles. The van der Waals surface area contributed by atoms with Crippen molar-refractivity contribution in [3.05, 3.63) is 87.7 Å². The topological polar surface area (TPSA) is 60.4 Å². The van der Waals surface area contributed by atoms with Crippen molar-refractivity contribution in [2.75, 3.05) is 0 Å². The van der Waals surface area contributed by atoms with E-state index in [2.05, 4.69) is 22.1 Å². The van der Waals surface area contributed by atoms with Crippen molar-refractivity contribution in [3.63, 3.8) is 0 Å². The lowest BCUT2D eigenvalue weighted by molar-refractivity contribution is 0.425. The molecule has 6 rings (SSSR count). The fraction of sp³-hybridized carbons (Fsp3) is 0.269. The first-order valence-corrected chi connectivity index (χ1v) is 10.9. The smallest absolute Gasteiger partial charge is 0.261 e. The zero-order valence-corrected chi connectivity index (χ0v) is 17.5. The Hall–Kier alpha value is -3.47. The number of aromatic nitrogens is 3. The molecule has 1 aliphatic carbocycles. The molecule has 0 bridgehead atoms. The summed E-state index contributed by atoms with van der Waals surface area (Å²) in [6.45, 7) is 1.95. The van der Waals surface area contributed by atoms with E-state index in [9.17, 15) is 4.79 Å². The molecule has 5 heteroatoms. The third kappa shape index (κ3) is 2.95. The number of aryl methyl sites for hydroxylation is 2. The van der Waals surface area contributed by atoms with Crippen LogP contribution in [0.15, 0.2) is 64.2 Å². The van der Waals surface area contributed by atoms with Crippen molar-refractivity contribution < 1.29 is 4.42 Å². The van der Waals surface area contributed by atoms with E-state index in [1.165, 1.54) is 11.1 Å². The first kappa shape index (κ1) is 18.3. The summed E-state index contributed by atoms with van der Waals surface area (Å²) in [6.07, 6.45) is 10.4. The molecule has 5 nitrogen and oxygen atoms in total. The van der Waals surface area contributed by atoms with Gasteiger partial charge in [0, 0.05) is 40.6 Å². The molecule has 5 aromatic rings. The van der Waals surface area contributed by atoms with Crippen LogP contribution in [0.25, 0.3) is 27.6 Å². The van der Waals surface area contributed by atoms with E-state index in [-0.39, 0.29) is 5.56 Å². The van der Waals surface area contributed by atoms with Gasteiger partial charge in [-0.3, -0.25) is 14.2 Å². The summed E-state index contributed by atoms with van der Waals surface area (Å²) in [6, 6.07) is 12.0. The molecule has 0 N–H and O–H groups in total. The maximum Gasteiger partial charge on any atom is 0.261 e. The highest BCUT2D eigenvalue weighted by Crippen LogP contribution is 2.37. The highest BCUT2D eigenvalue weighted by molar-refractivity contribution is 6.05. The zero-order valence-electron chi connectivity index (χ0n) is 17.5. The van der Waals surface area contributed by atoms with Gasteiger partial charge in [0.05, 0.1) is 0 Å². The van der Waals surface area contributed by atoms with Crippen LogP contribution in [0, 0.1) is 12.8 Å². The number of benzene rings is 1. The molecule has 4 aromatic heterocycles. The Bertz CT molecular complexity index is 1510. The maximum atomic E-state index is 13.0. The van der Waals surface area contributed by atoms with Crippen LogP contribution in [0.2, 0.25) is 0 Å². The molecule has 1 aliphatic rings. The van der Waals surface area contributed by atoms with E-state index < -0.39 is 0 Å². The molecular weight excluding hydrogens is 386 g/mol. The van der Waals surface area contributed by atoms with E-state index in [1.807, 2.05) is 37.4 Å². The summed E-state index contributed by atoms with van der Waals surface area (Å²) in [4.78, 5) is 21.9. The second-order valence-electron chi connectivity index (χ2n) is 8.61. The Morgan fingerprint density at radius 2 is 2.10 bits per heavy atom. The van der Waals surface area contributed by atoms with Crippen LogP contribution in [0.3, 0.4) is 0 Å². The van der Waals surface area contributed by atoms with Gasteiger partial charge in [-0.15, -0.1) is 0 Å². The highest BCUT2D eigenvalue weighted by Gasteiger charge is 2.24. The summed E-state index contributed by atoms with van der Waals surface area (Å²) >= 11 is 0. The number of pyridine rings is 2. The van der Waals surface area contributed by atoms with Crippen LogP contribution < -0.4 is 5.56 Å². The van der Waals surface area contributed by atoms with Crippen LogP contribution >= 0.6 is 0 Å². The van der Waals surface area contributed by atoms with E-state index in [4.69, 9.17) is 4.42 Å². The maximum absolute atomic E-state index is 13.0. The fourth-order valence-corrected chi connectivity index (χ4v) is 5.11. The van der Waals surface area contributed by atoms with E-state index in [0.717, 1.165) is 65.3 Å². The van der Waals surface area contributed by atoms with Crippen molar-refractivity contribution in [3.8, 4) is 0 Å². The van der Waals surface area contributed by atoms with Crippen LogP contribution in [0.1, 0.15) is 35.2 Å². The minimum atomic E-state index is 0.0616. The first-order chi connectivity index (χ1) is 15.2. The third-order valence-corrected chi connectivity index (χ3v) is 6.79. The lowest BCUT2D eigenvalue weighted by Crippen LogP contribution is -2.23. The fourth-order valence-electron chi connectivity index (χ4n) is 5.11. The van der Waals surface area contributed by atoms with Crippen LogP contribution in [-0.2, 0) is 19.3 Å². The summed E-state index contributed by atoms with van der Waals surface area (Å²) in [5, 5.41) is 2.23. The quantitative estimate of drug-likeness (QED) is 0.419. The van der Waals surface area contributed by atoms with Gasteiger partial charge in [0.25, 0.3) is 5.56 Å². The SMILES string of the molecule is Cc1nc2ccccn2c(=O)c1CCC1CCc2ccc3c(oc4ccncc43)c2C1. The second kappa shape index (κ2) is 7.05. The molecule has 0 saturated carbocycles. The van der Waals surface area contributed by atoms with Crippen molar-refractivity contribution in [2.45, 2.75) is 39.0 Å². The predicted molar refractivity (Wildman–Crippen MR) is 122 cm³/mol. The predicted octanol–water partition coefficient (Wildman–Crippen LogP) is 5.04. The van der Waals surface area contributed by atoms with Crippen LogP contribution in [0.4, 0.5) is 0 Å². The summed E-state index contributed by atoms with van der Waals surface area (Å²) < 4.78 is 7.90. The zero-order chi connectivity index (χ0) is 20.9. The van der Waals surface area contributed by atoms with Gasteiger partial charge in [-0.25, -0.2) is 4.98 Å². The first-order valence-electron chi connectivity index (χ1n) is 10.9. The van der Waals surface area contributed by atoms with Gasteiger partial charge in [-0.05, 0) is 74.3 Å². The molecule has 1 unspecified atom stereocenters. The van der Waals surface area contributed by atoms with Crippen molar-refractivity contribution in [1.29, 1.82) is 0 Å². The second-order valence-corrected chi connectivity index (χ2v) is 8.61. The number of hydrogen-bond donors (Lipinski definition) is 0. The number of hydrogen-bond acceptors (Lipinski definition) is 4. The number of rotatable bonds is 3. The average molecular weight is 409 g/mol. The molecule has 0 saturated heterocycles. The lowest BCUT2D eigenvalue weighted by Gasteiger charge is -2.24. The summed E-state index contributed by atoms with van der Waals surface area (Å²) in [7, 11) is 0. The largest absolute Gasteiger partial charge is 0.456 e. The molecule has 1 aromatic carbocycles. The Morgan fingerprint density at radius 3 is 3.03 bits per heavy atom.